The average Bonchev–Trinajstić information content (AvgIpc) is 2.16. The highest BCUT2D eigenvalue weighted by Gasteiger charge is 2.29. The van der Waals surface area contributed by atoms with Crippen LogP contribution in [0.2, 0.25) is 0 Å². The van der Waals surface area contributed by atoms with Crippen molar-refractivity contribution in [1.82, 2.24) is 4.72 Å². The number of hydrogen-bond acceptors (Lipinski definition) is 3. The molecule has 0 aliphatic rings. The summed E-state index contributed by atoms with van der Waals surface area (Å²) in [5, 5.41) is 0. The molecule has 17 heavy (non-hydrogen) atoms. The lowest BCUT2D eigenvalue weighted by atomic mass is 9.99. The van der Waals surface area contributed by atoms with Gasteiger partial charge >= 0.3 is 0 Å². The Hall–Kier alpha value is -0.910. The molecule has 3 N–H and O–H groups in total. The molecule has 0 radical (unpaired) electrons. The lowest BCUT2D eigenvalue weighted by Gasteiger charge is -2.29. The third-order valence-corrected chi connectivity index (χ3v) is 4.55. The third kappa shape index (κ3) is 3.52. The van der Waals surface area contributed by atoms with Crippen LogP contribution in [0.25, 0.3) is 0 Å². The number of sulfonamides is 1. The summed E-state index contributed by atoms with van der Waals surface area (Å²) >= 11 is 0. The summed E-state index contributed by atoms with van der Waals surface area (Å²) in [6, 6.07) is 6.45. The van der Waals surface area contributed by atoms with Crippen molar-refractivity contribution in [3.05, 3.63) is 29.8 Å². The van der Waals surface area contributed by atoms with Gasteiger partial charge in [0.25, 0.3) is 0 Å². The largest absolute Gasteiger partial charge is 0.326 e. The van der Waals surface area contributed by atoms with Gasteiger partial charge in [0.05, 0.1) is 4.90 Å². The zero-order valence-electron chi connectivity index (χ0n) is 10.7. The van der Waals surface area contributed by atoms with E-state index < -0.39 is 15.6 Å². The number of rotatable bonds is 4. The lowest BCUT2D eigenvalue weighted by Crippen LogP contribution is -2.54. The molecule has 0 amide bonds. The molecule has 96 valence electrons. The minimum Gasteiger partial charge on any atom is -0.326 e. The molecule has 4 nitrogen and oxygen atoms in total. The van der Waals surface area contributed by atoms with Crippen LogP contribution in [0.4, 0.5) is 0 Å². The molecular weight excluding hydrogens is 236 g/mol. The van der Waals surface area contributed by atoms with E-state index in [-0.39, 0.29) is 10.9 Å². The fourth-order valence-corrected chi connectivity index (χ4v) is 2.71. The van der Waals surface area contributed by atoms with Gasteiger partial charge in [-0.1, -0.05) is 17.7 Å². The maximum atomic E-state index is 12.1. The van der Waals surface area contributed by atoms with E-state index in [9.17, 15) is 8.42 Å². The Bertz CT molecular complexity index is 476. The van der Waals surface area contributed by atoms with Gasteiger partial charge in [0.15, 0.2) is 0 Å². The lowest BCUT2D eigenvalue weighted by molar-refractivity contribution is 0.387. The summed E-state index contributed by atoms with van der Waals surface area (Å²) in [4.78, 5) is 0.261. The van der Waals surface area contributed by atoms with Crippen molar-refractivity contribution < 1.29 is 8.42 Å². The fraction of sp³-hybridized carbons (Fsp3) is 0.500. The van der Waals surface area contributed by atoms with Crippen LogP contribution in [-0.4, -0.2) is 20.0 Å². The highest BCUT2D eigenvalue weighted by molar-refractivity contribution is 7.89. The molecule has 0 spiro atoms. The van der Waals surface area contributed by atoms with E-state index in [1.54, 1.807) is 45.0 Å². The number of nitrogens with two attached hydrogens (primary N) is 1. The molecule has 0 aliphatic carbocycles. The third-order valence-electron chi connectivity index (χ3n) is 2.87. The van der Waals surface area contributed by atoms with Gasteiger partial charge in [0, 0.05) is 11.6 Å². The standard InChI is InChI=1S/C12H20N2O2S/c1-9-5-7-11(8-6-9)17(15,16)14-12(3,4)10(2)13/h5-8,10,14H,13H2,1-4H3. The Kier molecular flexibility index (Phi) is 3.96. The molecule has 5 heteroatoms. The van der Waals surface area contributed by atoms with Gasteiger partial charge in [-0.2, -0.15) is 0 Å². The van der Waals surface area contributed by atoms with E-state index in [4.69, 9.17) is 5.73 Å². The maximum absolute atomic E-state index is 12.1. The molecule has 1 aromatic carbocycles. The summed E-state index contributed by atoms with van der Waals surface area (Å²) in [5.74, 6) is 0. The SMILES string of the molecule is Cc1ccc(S(=O)(=O)NC(C)(C)C(C)N)cc1. The van der Waals surface area contributed by atoms with Crippen LogP contribution in [0.15, 0.2) is 29.2 Å². The minimum atomic E-state index is -3.51. The van der Waals surface area contributed by atoms with Gasteiger partial charge in [-0.15, -0.1) is 0 Å². The molecule has 0 aromatic heterocycles. The second kappa shape index (κ2) is 4.76. The Morgan fingerprint density at radius 3 is 2.12 bits per heavy atom. The number of aryl methyl sites for hydroxylation is 1. The normalized spacial score (nSPS) is 14.6. The van der Waals surface area contributed by atoms with Crippen molar-refractivity contribution in [3.63, 3.8) is 0 Å². The first-order valence-electron chi connectivity index (χ1n) is 5.51. The Morgan fingerprint density at radius 1 is 1.24 bits per heavy atom. The monoisotopic (exact) mass is 256 g/mol. The van der Waals surface area contributed by atoms with Crippen molar-refractivity contribution in [2.24, 2.45) is 5.73 Å². The van der Waals surface area contributed by atoms with Crippen LogP contribution in [0, 0.1) is 6.92 Å². The van der Waals surface area contributed by atoms with E-state index in [1.165, 1.54) is 0 Å². The van der Waals surface area contributed by atoms with E-state index in [0.29, 0.717) is 0 Å². The highest BCUT2D eigenvalue weighted by atomic mass is 32.2. The first kappa shape index (κ1) is 14.2. The van der Waals surface area contributed by atoms with Crippen LogP contribution in [0.5, 0.6) is 0 Å². The highest BCUT2D eigenvalue weighted by Crippen LogP contribution is 2.15. The number of hydrogen-bond donors (Lipinski definition) is 2. The molecule has 1 atom stereocenters. The fourth-order valence-electron chi connectivity index (χ4n) is 1.22. The minimum absolute atomic E-state index is 0.261. The Balaban J connectivity index is 3.01. The number of benzene rings is 1. The Labute approximate surface area is 103 Å². The van der Waals surface area contributed by atoms with Gasteiger partial charge in [-0.25, -0.2) is 13.1 Å². The molecule has 0 bridgehead atoms. The van der Waals surface area contributed by atoms with Crippen LogP contribution in [-0.2, 0) is 10.0 Å². The van der Waals surface area contributed by atoms with Crippen molar-refractivity contribution in [2.45, 2.75) is 44.2 Å². The smallest absolute Gasteiger partial charge is 0.241 e. The molecule has 1 rings (SSSR count). The van der Waals surface area contributed by atoms with Gasteiger partial charge in [-0.3, -0.25) is 0 Å². The topological polar surface area (TPSA) is 72.2 Å². The van der Waals surface area contributed by atoms with Crippen LogP contribution < -0.4 is 10.5 Å². The molecule has 0 fully saturated rings. The van der Waals surface area contributed by atoms with E-state index in [1.807, 2.05) is 6.92 Å². The first-order chi connectivity index (χ1) is 7.65. The summed E-state index contributed by atoms with van der Waals surface area (Å²) in [6.07, 6.45) is 0. The first-order valence-corrected chi connectivity index (χ1v) is 7.00. The van der Waals surface area contributed by atoms with Gasteiger partial charge in [0.1, 0.15) is 0 Å². The summed E-state index contributed by atoms with van der Waals surface area (Å²) in [5.41, 5.74) is 6.10. The molecule has 1 aromatic rings. The zero-order valence-corrected chi connectivity index (χ0v) is 11.5. The van der Waals surface area contributed by atoms with Crippen LogP contribution in [0.3, 0.4) is 0 Å². The zero-order chi connectivity index (χ0) is 13.3. The van der Waals surface area contributed by atoms with Crippen molar-refractivity contribution >= 4 is 10.0 Å². The second-order valence-electron chi connectivity index (χ2n) is 4.93. The van der Waals surface area contributed by atoms with Crippen LogP contribution in [0.1, 0.15) is 26.3 Å². The molecule has 0 saturated carbocycles. The summed E-state index contributed by atoms with van der Waals surface area (Å²) in [6.45, 7) is 7.22. The predicted octanol–water partition coefficient (Wildman–Crippen LogP) is 1.40. The molecule has 0 heterocycles. The van der Waals surface area contributed by atoms with E-state index in [0.717, 1.165) is 5.56 Å². The van der Waals surface area contributed by atoms with Crippen molar-refractivity contribution in [2.75, 3.05) is 0 Å². The molecule has 0 saturated heterocycles. The predicted molar refractivity (Wildman–Crippen MR) is 69.2 cm³/mol. The molecule has 1 unspecified atom stereocenters. The molecular formula is C12H20N2O2S. The Morgan fingerprint density at radius 2 is 1.71 bits per heavy atom. The summed E-state index contributed by atoms with van der Waals surface area (Å²) in [7, 11) is -3.51. The maximum Gasteiger partial charge on any atom is 0.241 e. The number of nitrogens with one attached hydrogen (secondary N) is 1. The molecule has 0 aliphatic heterocycles. The summed E-state index contributed by atoms with van der Waals surface area (Å²) < 4.78 is 26.8. The second-order valence-corrected chi connectivity index (χ2v) is 6.61. The van der Waals surface area contributed by atoms with Gasteiger partial charge < -0.3 is 5.73 Å². The van der Waals surface area contributed by atoms with Crippen molar-refractivity contribution in [1.29, 1.82) is 0 Å². The quantitative estimate of drug-likeness (QED) is 0.855. The van der Waals surface area contributed by atoms with Crippen LogP contribution >= 0.6 is 0 Å². The van der Waals surface area contributed by atoms with E-state index >= 15 is 0 Å². The van der Waals surface area contributed by atoms with Gasteiger partial charge in [0.2, 0.25) is 10.0 Å². The van der Waals surface area contributed by atoms with Crippen molar-refractivity contribution in [3.8, 4) is 0 Å². The average molecular weight is 256 g/mol. The van der Waals surface area contributed by atoms with E-state index in [2.05, 4.69) is 4.72 Å². The van der Waals surface area contributed by atoms with Gasteiger partial charge in [-0.05, 0) is 39.8 Å².